The highest BCUT2D eigenvalue weighted by Gasteiger charge is 2.31. The Hall–Kier alpha value is -3.12. The van der Waals surface area contributed by atoms with E-state index in [9.17, 15) is 9.59 Å². The topological polar surface area (TPSA) is 73.2 Å². The van der Waals surface area contributed by atoms with Crippen molar-refractivity contribution in [3.63, 3.8) is 0 Å². The zero-order chi connectivity index (χ0) is 19.0. The fraction of sp³-hybridized carbons (Fsp3) is 0.150. The molecule has 27 heavy (non-hydrogen) atoms. The van der Waals surface area contributed by atoms with E-state index in [-0.39, 0.29) is 18.2 Å². The fourth-order valence-electron chi connectivity index (χ4n) is 3.33. The molecule has 4 rings (SSSR count). The lowest BCUT2D eigenvalue weighted by Gasteiger charge is -2.25. The van der Waals surface area contributed by atoms with Crippen LogP contribution in [0.3, 0.4) is 0 Å². The normalized spacial score (nSPS) is 15.8. The lowest BCUT2D eigenvalue weighted by atomic mass is 9.89. The third kappa shape index (κ3) is 3.19. The second-order valence-corrected chi connectivity index (χ2v) is 6.68. The molecule has 0 saturated heterocycles. The monoisotopic (exact) mass is 381 g/mol. The van der Waals surface area contributed by atoms with E-state index >= 15 is 0 Å². The Morgan fingerprint density at radius 2 is 2.04 bits per heavy atom. The Kier molecular flexibility index (Phi) is 4.41. The summed E-state index contributed by atoms with van der Waals surface area (Å²) in [6.07, 6.45) is 1.97. The summed E-state index contributed by atoms with van der Waals surface area (Å²) in [5, 5.41) is 3.44. The number of anilines is 1. The maximum absolute atomic E-state index is 12.2. The van der Waals surface area contributed by atoms with Gasteiger partial charge in [0.15, 0.2) is 5.82 Å². The number of halogens is 1. The number of nitrogens with zero attached hydrogens (tertiary/aromatic N) is 2. The van der Waals surface area contributed by atoms with Crippen molar-refractivity contribution in [2.45, 2.75) is 12.3 Å². The van der Waals surface area contributed by atoms with Gasteiger partial charge in [-0.3, -0.25) is 4.79 Å². The third-order valence-electron chi connectivity index (χ3n) is 4.60. The average molecular weight is 382 g/mol. The van der Waals surface area contributed by atoms with Crippen molar-refractivity contribution in [1.29, 1.82) is 0 Å². The summed E-state index contributed by atoms with van der Waals surface area (Å²) in [4.78, 5) is 28.2. The van der Waals surface area contributed by atoms with Crippen molar-refractivity contribution in [2.75, 3.05) is 12.4 Å². The zero-order valence-electron chi connectivity index (χ0n) is 14.5. The second-order valence-electron chi connectivity index (χ2n) is 6.25. The van der Waals surface area contributed by atoms with E-state index in [4.69, 9.17) is 16.3 Å². The van der Waals surface area contributed by atoms with Gasteiger partial charge in [0.05, 0.1) is 18.4 Å². The Balaban J connectivity index is 1.79. The predicted octanol–water partition coefficient (Wildman–Crippen LogP) is 3.79. The molecular weight excluding hydrogens is 366 g/mol. The summed E-state index contributed by atoms with van der Waals surface area (Å²) in [5.41, 5.74) is 3.12. The Morgan fingerprint density at radius 3 is 2.74 bits per heavy atom. The number of nitrogens with one attached hydrogen (secondary N) is 1. The van der Waals surface area contributed by atoms with E-state index in [0.717, 1.165) is 16.9 Å². The van der Waals surface area contributed by atoms with Crippen molar-refractivity contribution in [2.24, 2.45) is 0 Å². The van der Waals surface area contributed by atoms with Gasteiger partial charge in [0.2, 0.25) is 5.91 Å². The van der Waals surface area contributed by atoms with E-state index in [1.165, 1.54) is 7.11 Å². The second kappa shape index (κ2) is 6.89. The zero-order valence-corrected chi connectivity index (χ0v) is 15.2. The highest BCUT2D eigenvalue weighted by atomic mass is 35.5. The van der Waals surface area contributed by atoms with Crippen molar-refractivity contribution in [3.8, 4) is 5.69 Å². The SMILES string of the molecule is COC(=O)c1ccc([C@@H]2CC(=O)Nc3ncn(-c4cccc(Cl)c4)c32)cc1. The van der Waals surface area contributed by atoms with Gasteiger partial charge >= 0.3 is 5.97 Å². The summed E-state index contributed by atoms with van der Waals surface area (Å²) in [6.45, 7) is 0. The Bertz CT molecular complexity index is 1030. The number of methoxy groups -OCH3 is 1. The molecule has 2 aromatic carbocycles. The molecule has 1 aliphatic rings. The van der Waals surface area contributed by atoms with E-state index in [2.05, 4.69) is 10.3 Å². The third-order valence-corrected chi connectivity index (χ3v) is 4.84. The number of aromatic nitrogens is 2. The molecule has 6 nitrogen and oxygen atoms in total. The molecule has 0 spiro atoms. The van der Waals surface area contributed by atoms with Gasteiger partial charge in [-0.05, 0) is 35.9 Å². The highest BCUT2D eigenvalue weighted by molar-refractivity contribution is 6.30. The fourth-order valence-corrected chi connectivity index (χ4v) is 3.51. The summed E-state index contributed by atoms with van der Waals surface area (Å²) < 4.78 is 6.67. The van der Waals surface area contributed by atoms with Crippen LogP contribution in [0.5, 0.6) is 0 Å². The molecule has 2 heterocycles. The van der Waals surface area contributed by atoms with Crippen LogP contribution in [-0.4, -0.2) is 28.5 Å². The maximum atomic E-state index is 12.2. The van der Waals surface area contributed by atoms with Gasteiger partial charge in [-0.1, -0.05) is 29.8 Å². The first kappa shape index (κ1) is 17.3. The summed E-state index contributed by atoms with van der Waals surface area (Å²) in [5.74, 6) is -0.149. The largest absolute Gasteiger partial charge is 0.465 e. The molecule has 1 N–H and O–H groups in total. The molecule has 1 atom stereocenters. The number of carbonyl (C=O) groups is 2. The molecule has 136 valence electrons. The van der Waals surface area contributed by atoms with Crippen LogP contribution < -0.4 is 5.32 Å². The molecule has 0 bridgehead atoms. The first-order chi connectivity index (χ1) is 13.1. The minimum atomic E-state index is -0.396. The Morgan fingerprint density at radius 1 is 1.26 bits per heavy atom. The van der Waals surface area contributed by atoms with Crippen LogP contribution in [0.2, 0.25) is 5.02 Å². The highest BCUT2D eigenvalue weighted by Crippen LogP contribution is 2.38. The standard InChI is InChI=1S/C20H16ClN3O3/c1-27-20(26)13-7-5-12(6-8-13)16-10-17(25)23-19-18(16)24(11-22-19)15-4-2-3-14(21)9-15/h2-9,11,16H,10H2,1H3,(H,23,25)/t16-/m0/s1. The number of imidazole rings is 1. The quantitative estimate of drug-likeness (QED) is 0.700. The summed E-state index contributed by atoms with van der Waals surface area (Å²) >= 11 is 6.14. The lowest BCUT2D eigenvalue weighted by Crippen LogP contribution is -2.25. The number of ether oxygens (including phenoxy) is 1. The summed E-state index contributed by atoms with van der Waals surface area (Å²) in [7, 11) is 1.34. The molecule has 1 aromatic heterocycles. The van der Waals surface area contributed by atoms with E-state index < -0.39 is 5.97 Å². The molecule has 0 aliphatic carbocycles. The molecular formula is C20H16ClN3O3. The van der Waals surface area contributed by atoms with Crippen molar-refractivity contribution in [1.82, 2.24) is 9.55 Å². The van der Waals surface area contributed by atoms with Gasteiger partial charge < -0.3 is 14.6 Å². The molecule has 7 heteroatoms. The predicted molar refractivity (Wildman–Crippen MR) is 101 cm³/mol. The van der Waals surface area contributed by atoms with E-state index in [1.807, 2.05) is 34.9 Å². The van der Waals surface area contributed by atoms with Crippen molar-refractivity contribution < 1.29 is 14.3 Å². The minimum absolute atomic E-state index is 0.0964. The van der Waals surface area contributed by atoms with Crippen LogP contribution in [0.15, 0.2) is 54.9 Å². The summed E-state index contributed by atoms with van der Waals surface area (Å²) in [6, 6.07) is 14.5. The van der Waals surface area contributed by atoms with E-state index in [1.54, 1.807) is 24.5 Å². The number of esters is 1. The molecule has 3 aromatic rings. The van der Waals surface area contributed by atoms with Crippen LogP contribution in [-0.2, 0) is 9.53 Å². The average Bonchev–Trinajstić information content (AvgIpc) is 3.10. The number of benzene rings is 2. The molecule has 0 fully saturated rings. The van der Waals surface area contributed by atoms with Gasteiger partial charge in [-0.25, -0.2) is 9.78 Å². The molecule has 1 amide bonds. The molecule has 0 radical (unpaired) electrons. The van der Waals surface area contributed by atoms with Crippen LogP contribution in [0, 0.1) is 0 Å². The van der Waals surface area contributed by atoms with Gasteiger partial charge in [0, 0.05) is 23.0 Å². The number of rotatable bonds is 3. The molecule has 0 unspecified atom stereocenters. The van der Waals surface area contributed by atoms with Gasteiger partial charge in [0.1, 0.15) is 6.33 Å². The number of amides is 1. The van der Waals surface area contributed by atoms with Crippen molar-refractivity contribution in [3.05, 3.63) is 76.7 Å². The Labute approximate surface area is 160 Å². The van der Waals surface area contributed by atoms with Gasteiger partial charge in [-0.2, -0.15) is 0 Å². The number of hydrogen-bond acceptors (Lipinski definition) is 4. The number of fused-ring (bicyclic) bond motifs is 1. The lowest BCUT2D eigenvalue weighted by molar-refractivity contribution is -0.116. The number of hydrogen-bond donors (Lipinski definition) is 1. The molecule has 0 saturated carbocycles. The first-order valence-electron chi connectivity index (χ1n) is 8.38. The maximum Gasteiger partial charge on any atom is 0.337 e. The first-order valence-corrected chi connectivity index (χ1v) is 8.76. The smallest absolute Gasteiger partial charge is 0.337 e. The van der Waals surface area contributed by atoms with Crippen LogP contribution in [0.1, 0.15) is 34.0 Å². The van der Waals surface area contributed by atoms with Crippen molar-refractivity contribution >= 4 is 29.3 Å². The van der Waals surface area contributed by atoms with Crippen LogP contribution in [0.25, 0.3) is 5.69 Å². The minimum Gasteiger partial charge on any atom is -0.465 e. The van der Waals surface area contributed by atoms with E-state index in [0.29, 0.717) is 16.4 Å². The van der Waals surface area contributed by atoms with Crippen LogP contribution >= 0.6 is 11.6 Å². The van der Waals surface area contributed by atoms with Crippen LogP contribution in [0.4, 0.5) is 5.82 Å². The molecule has 1 aliphatic heterocycles. The van der Waals surface area contributed by atoms with Gasteiger partial charge in [0.25, 0.3) is 0 Å². The number of carbonyl (C=O) groups excluding carboxylic acids is 2. The van der Waals surface area contributed by atoms with Gasteiger partial charge in [-0.15, -0.1) is 0 Å².